The van der Waals surface area contributed by atoms with Gasteiger partial charge in [-0.25, -0.2) is 14.8 Å². The zero-order valence-corrected chi connectivity index (χ0v) is 16.7. The molecular weight excluding hydrogens is 366 g/mol. The average molecular weight is 393 g/mol. The fourth-order valence-electron chi connectivity index (χ4n) is 4.02. The molecule has 0 radical (unpaired) electrons. The molecule has 29 heavy (non-hydrogen) atoms. The van der Waals surface area contributed by atoms with Crippen LogP contribution in [0.1, 0.15) is 32.6 Å². The van der Waals surface area contributed by atoms with Crippen molar-refractivity contribution in [3.8, 4) is 0 Å². The van der Waals surface area contributed by atoms with E-state index in [2.05, 4.69) is 21.6 Å². The Balaban J connectivity index is 1.70. The Labute approximate surface area is 170 Å². The fraction of sp³-hybridized carbons (Fsp3) is 0.364. The van der Waals surface area contributed by atoms with Gasteiger partial charge in [0.1, 0.15) is 0 Å². The molecule has 1 aliphatic rings. The average Bonchev–Trinajstić information content (AvgIpc) is 3.16. The van der Waals surface area contributed by atoms with Gasteiger partial charge in [0.15, 0.2) is 0 Å². The van der Waals surface area contributed by atoms with E-state index in [4.69, 9.17) is 0 Å². The number of hydrogen-bond donors (Lipinski definition) is 1. The number of nitrogens with zero attached hydrogens (tertiary/aromatic N) is 5. The highest BCUT2D eigenvalue weighted by Crippen LogP contribution is 2.28. The zero-order chi connectivity index (χ0) is 20.2. The van der Waals surface area contributed by atoms with E-state index < -0.39 is 6.09 Å². The van der Waals surface area contributed by atoms with Crippen LogP contribution >= 0.6 is 0 Å². The molecule has 0 atom stereocenters. The van der Waals surface area contributed by atoms with Crippen LogP contribution in [0, 0.1) is 0 Å². The molecule has 3 aromatic rings. The number of anilines is 2. The van der Waals surface area contributed by atoms with Gasteiger partial charge in [-0.1, -0.05) is 13.3 Å². The first kappa shape index (κ1) is 19.3. The van der Waals surface area contributed by atoms with Crippen molar-refractivity contribution in [3.63, 3.8) is 0 Å². The lowest BCUT2D eigenvalue weighted by atomic mass is 10.1. The molecule has 1 amide bonds. The number of amides is 1. The lowest BCUT2D eigenvalue weighted by molar-refractivity contribution is 0.157. The Bertz CT molecular complexity index is 966. The summed E-state index contributed by atoms with van der Waals surface area (Å²) in [6.07, 6.45) is 8.92. The minimum absolute atomic E-state index is 0.690. The molecule has 152 valence electrons. The largest absolute Gasteiger partial charge is 0.464 e. The van der Waals surface area contributed by atoms with Gasteiger partial charge in [-0.3, -0.25) is 14.7 Å². The number of aromatic nitrogens is 2. The van der Waals surface area contributed by atoms with Crippen LogP contribution in [0.2, 0.25) is 0 Å². The van der Waals surface area contributed by atoms with E-state index >= 15 is 0 Å². The Morgan fingerprint density at radius 3 is 2.52 bits per heavy atom. The molecule has 0 aliphatic carbocycles. The minimum atomic E-state index is -0.935. The van der Waals surface area contributed by atoms with E-state index in [-0.39, 0.29) is 0 Å². The van der Waals surface area contributed by atoms with Gasteiger partial charge in [0, 0.05) is 43.6 Å². The van der Waals surface area contributed by atoms with Crippen LogP contribution in [-0.2, 0) is 0 Å². The summed E-state index contributed by atoms with van der Waals surface area (Å²) in [5, 5.41) is 16.4. The number of fused-ring (bicyclic) bond motifs is 1. The van der Waals surface area contributed by atoms with Gasteiger partial charge in [0.2, 0.25) is 0 Å². The smallest absolute Gasteiger partial charge is 0.426 e. The van der Waals surface area contributed by atoms with Gasteiger partial charge in [-0.05, 0) is 55.7 Å². The van der Waals surface area contributed by atoms with Crippen molar-refractivity contribution in [3.05, 3.63) is 55.0 Å². The summed E-state index contributed by atoms with van der Waals surface area (Å²) in [6.45, 7) is 4.57. The highest BCUT2D eigenvalue weighted by atomic mass is 16.4. The van der Waals surface area contributed by atoms with Crippen molar-refractivity contribution in [2.75, 3.05) is 29.7 Å². The summed E-state index contributed by atoms with van der Waals surface area (Å²) in [5.41, 5.74) is 2.81. The number of benzene rings is 1. The summed E-state index contributed by atoms with van der Waals surface area (Å²) < 4.78 is 2.13. The lowest BCUT2D eigenvalue weighted by Gasteiger charge is -2.35. The highest BCUT2D eigenvalue weighted by molar-refractivity contribution is 5.91. The van der Waals surface area contributed by atoms with Crippen LogP contribution in [0.4, 0.5) is 16.2 Å². The third-order valence-electron chi connectivity index (χ3n) is 5.35. The second-order valence-electron chi connectivity index (χ2n) is 7.34. The van der Waals surface area contributed by atoms with Gasteiger partial charge in [-0.2, -0.15) is 0 Å². The number of hydrazine groups is 1. The van der Waals surface area contributed by atoms with Crippen LogP contribution in [0.3, 0.4) is 0 Å². The Morgan fingerprint density at radius 1 is 1.07 bits per heavy atom. The maximum Gasteiger partial charge on any atom is 0.426 e. The van der Waals surface area contributed by atoms with Crippen molar-refractivity contribution in [1.29, 1.82) is 0 Å². The van der Waals surface area contributed by atoms with Gasteiger partial charge >= 0.3 is 6.09 Å². The Hall–Kier alpha value is -3.06. The monoisotopic (exact) mass is 393 g/mol. The molecule has 3 heterocycles. The molecular formula is C22H27N5O2. The van der Waals surface area contributed by atoms with E-state index in [1.807, 2.05) is 47.6 Å². The predicted molar refractivity (Wildman–Crippen MR) is 115 cm³/mol. The van der Waals surface area contributed by atoms with Crippen molar-refractivity contribution in [2.24, 2.45) is 0 Å². The van der Waals surface area contributed by atoms with E-state index in [9.17, 15) is 9.90 Å². The van der Waals surface area contributed by atoms with Crippen LogP contribution < -0.4 is 10.0 Å². The van der Waals surface area contributed by atoms with Crippen LogP contribution in [0.5, 0.6) is 0 Å². The molecule has 1 N–H and O–H groups in total. The van der Waals surface area contributed by atoms with E-state index in [1.54, 1.807) is 12.4 Å². The first-order chi connectivity index (χ1) is 14.2. The molecule has 1 aromatic carbocycles. The molecule has 0 saturated carbocycles. The number of pyridine rings is 1. The number of rotatable bonds is 6. The number of carboxylic acid groups (broad SMARTS) is 1. The number of hydrogen-bond acceptors (Lipinski definition) is 4. The van der Waals surface area contributed by atoms with Crippen molar-refractivity contribution < 1.29 is 9.90 Å². The third kappa shape index (κ3) is 3.91. The summed E-state index contributed by atoms with van der Waals surface area (Å²) >= 11 is 0. The maximum absolute atomic E-state index is 12.0. The molecule has 0 bridgehead atoms. The van der Waals surface area contributed by atoms with Gasteiger partial charge in [0.25, 0.3) is 0 Å². The Kier molecular flexibility index (Phi) is 5.67. The normalized spacial score (nSPS) is 14.8. The quantitative estimate of drug-likeness (QED) is 0.663. The third-order valence-corrected chi connectivity index (χ3v) is 5.35. The van der Waals surface area contributed by atoms with Crippen LogP contribution in [0.25, 0.3) is 10.9 Å². The van der Waals surface area contributed by atoms with Gasteiger partial charge < -0.3 is 5.11 Å². The van der Waals surface area contributed by atoms with E-state index in [0.717, 1.165) is 61.9 Å². The standard InChI is InChI=1S/C22H27N5O2/c1-2-13-25(19-8-11-23-12-9-19)26-16-10-18-17-20(6-7-21(18)26)27(22(28)29)24-14-4-3-5-15-24/h6-12,16-17H,2-5,13-15H2,1H3,(H,28,29). The van der Waals surface area contributed by atoms with Crippen LogP contribution in [-0.4, -0.2) is 45.5 Å². The lowest BCUT2D eigenvalue weighted by Crippen LogP contribution is -2.48. The second-order valence-corrected chi connectivity index (χ2v) is 7.34. The highest BCUT2D eigenvalue weighted by Gasteiger charge is 2.25. The van der Waals surface area contributed by atoms with Crippen molar-refractivity contribution in [1.82, 2.24) is 14.7 Å². The first-order valence-electron chi connectivity index (χ1n) is 10.3. The van der Waals surface area contributed by atoms with Crippen molar-refractivity contribution >= 4 is 28.4 Å². The molecule has 4 rings (SSSR count). The summed E-state index contributed by atoms with van der Waals surface area (Å²) in [5.74, 6) is 0. The first-order valence-corrected chi connectivity index (χ1v) is 10.3. The van der Waals surface area contributed by atoms with Gasteiger partial charge in [0.05, 0.1) is 16.9 Å². The SMILES string of the molecule is CCCN(c1ccncc1)n1ccc2cc(N(C(=O)O)N3CCCCC3)ccc21. The molecule has 2 aromatic heterocycles. The van der Waals surface area contributed by atoms with Crippen molar-refractivity contribution in [2.45, 2.75) is 32.6 Å². The second kappa shape index (κ2) is 8.53. The predicted octanol–water partition coefficient (Wildman–Crippen LogP) is 4.60. The van der Waals surface area contributed by atoms with E-state index in [1.165, 1.54) is 5.01 Å². The zero-order valence-electron chi connectivity index (χ0n) is 16.7. The molecule has 7 nitrogen and oxygen atoms in total. The fourth-order valence-corrected chi connectivity index (χ4v) is 4.02. The minimum Gasteiger partial charge on any atom is -0.464 e. The molecule has 1 aliphatic heterocycles. The summed E-state index contributed by atoms with van der Waals surface area (Å²) in [4.78, 5) is 16.1. The number of carbonyl (C=O) groups is 1. The Morgan fingerprint density at radius 2 is 1.83 bits per heavy atom. The van der Waals surface area contributed by atoms with E-state index in [0.29, 0.717) is 5.69 Å². The summed E-state index contributed by atoms with van der Waals surface area (Å²) in [7, 11) is 0. The molecule has 0 spiro atoms. The number of piperidine rings is 1. The maximum atomic E-state index is 12.0. The molecule has 7 heteroatoms. The topological polar surface area (TPSA) is 64.8 Å². The summed E-state index contributed by atoms with van der Waals surface area (Å²) in [6, 6.07) is 11.9. The van der Waals surface area contributed by atoms with Crippen LogP contribution in [0.15, 0.2) is 55.0 Å². The molecule has 1 saturated heterocycles. The molecule has 1 fully saturated rings. The molecule has 0 unspecified atom stereocenters. The van der Waals surface area contributed by atoms with Gasteiger partial charge in [-0.15, -0.1) is 0 Å².